The van der Waals surface area contributed by atoms with Gasteiger partial charge < -0.3 is 10.1 Å². The summed E-state index contributed by atoms with van der Waals surface area (Å²) in [6, 6.07) is 7.25. The van der Waals surface area contributed by atoms with E-state index in [0.717, 1.165) is 24.8 Å². The molecule has 0 aliphatic heterocycles. The monoisotopic (exact) mass is 247 g/mol. The van der Waals surface area contributed by atoms with Crippen molar-refractivity contribution < 1.29 is 4.74 Å². The highest BCUT2D eigenvalue weighted by Crippen LogP contribution is 2.19. The summed E-state index contributed by atoms with van der Waals surface area (Å²) in [5.74, 6) is 0.985. The predicted molar refractivity (Wildman–Crippen MR) is 76.3 cm³/mol. The van der Waals surface area contributed by atoms with Crippen LogP contribution in [0.3, 0.4) is 0 Å². The number of hydrogen-bond acceptors (Lipinski definition) is 2. The fraction of sp³-hybridized carbons (Fsp3) is 0.625. The summed E-state index contributed by atoms with van der Waals surface area (Å²) in [7, 11) is 1.73. The fourth-order valence-corrected chi connectivity index (χ4v) is 2.82. The summed E-state index contributed by atoms with van der Waals surface area (Å²) >= 11 is 0. The number of benzene rings is 1. The van der Waals surface area contributed by atoms with E-state index in [1.165, 1.54) is 43.2 Å². The van der Waals surface area contributed by atoms with Crippen LogP contribution in [0.2, 0.25) is 0 Å². The molecule has 0 spiro atoms. The van der Waals surface area contributed by atoms with Crippen LogP contribution < -0.4 is 10.1 Å². The van der Waals surface area contributed by atoms with E-state index in [1.54, 1.807) is 7.11 Å². The van der Waals surface area contributed by atoms with E-state index in [1.807, 2.05) is 0 Å². The third-order valence-electron chi connectivity index (χ3n) is 3.91. The molecule has 1 fully saturated rings. The molecule has 2 heteroatoms. The Labute approximate surface area is 111 Å². The molecule has 0 unspecified atom stereocenters. The second-order valence-corrected chi connectivity index (χ2v) is 5.34. The molecule has 18 heavy (non-hydrogen) atoms. The van der Waals surface area contributed by atoms with Gasteiger partial charge in [0.05, 0.1) is 7.11 Å². The highest BCUT2D eigenvalue weighted by atomic mass is 16.5. The number of aryl methyl sites for hydroxylation is 1. The van der Waals surface area contributed by atoms with Crippen molar-refractivity contribution in [2.75, 3.05) is 13.7 Å². The zero-order chi connectivity index (χ0) is 12.8. The zero-order valence-electron chi connectivity index (χ0n) is 11.7. The molecule has 2 nitrogen and oxygen atoms in total. The van der Waals surface area contributed by atoms with Gasteiger partial charge in [-0.3, -0.25) is 0 Å². The standard InChI is InChI=1S/C16H25NO/c1-13-12-14(8-9-16(13)18-2)10-11-17-15-6-4-3-5-7-15/h8-9,12,15,17H,3-7,10-11H2,1-2H3. The van der Waals surface area contributed by atoms with Crippen molar-refractivity contribution in [2.24, 2.45) is 0 Å². The molecule has 0 radical (unpaired) electrons. The summed E-state index contributed by atoms with van der Waals surface area (Å²) in [5, 5.41) is 3.69. The van der Waals surface area contributed by atoms with Crippen LogP contribution in [-0.4, -0.2) is 19.7 Å². The van der Waals surface area contributed by atoms with Crippen molar-refractivity contribution in [2.45, 2.75) is 51.5 Å². The normalized spacial score (nSPS) is 16.8. The molecule has 0 atom stereocenters. The van der Waals surface area contributed by atoms with Gasteiger partial charge in [0.15, 0.2) is 0 Å². The van der Waals surface area contributed by atoms with Crippen LogP contribution in [0.5, 0.6) is 5.75 Å². The van der Waals surface area contributed by atoms with E-state index in [4.69, 9.17) is 4.74 Å². The van der Waals surface area contributed by atoms with E-state index in [2.05, 4.69) is 30.4 Å². The lowest BCUT2D eigenvalue weighted by molar-refractivity contribution is 0.375. The Balaban J connectivity index is 1.77. The van der Waals surface area contributed by atoms with Gasteiger partial charge in [0, 0.05) is 6.04 Å². The lowest BCUT2D eigenvalue weighted by Crippen LogP contribution is -2.32. The Morgan fingerprint density at radius 1 is 1.22 bits per heavy atom. The Bertz CT molecular complexity index is 369. The smallest absolute Gasteiger partial charge is 0.121 e. The van der Waals surface area contributed by atoms with E-state index in [-0.39, 0.29) is 0 Å². The molecule has 1 saturated carbocycles. The molecular weight excluding hydrogens is 222 g/mol. The average Bonchev–Trinajstić information content (AvgIpc) is 2.40. The summed E-state index contributed by atoms with van der Waals surface area (Å²) in [6.07, 6.45) is 8.07. The molecule has 0 saturated heterocycles. The first-order valence-corrected chi connectivity index (χ1v) is 7.16. The van der Waals surface area contributed by atoms with Crippen LogP contribution in [0.1, 0.15) is 43.2 Å². The minimum absolute atomic E-state index is 0.762. The van der Waals surface area contributed by atoms with Crippen LogP contribution in [-0.2, 0) is 6.42 Å². The maximum absolute atomic E-state index is 5.28. The average molecular weight is 247 g/mol. The summed E-state index contributed by atoms with van der Waals surface area (Å²) in [4.78, 5) is 0. The van der Waals surface area contributed by atoms with Crippen molar-refractivity contribution in [3.8, 4) is 5.75 Å². The van der Waals surface area contributed by atoms with E-state index < -0.39 is 0 Å². The van der Waals surface area contributed by atoms with Gasteiger partial charge in [0.1, 0.15) is 5.75 Å². The van der Waals surface area contributed by atoms with Gasteiger partial charge in [0.25, 0.3) is 0 Å². The van der Waals surface area contributed by atoms with Crippen LogP contribution >= 0.6 is 0 Å². The van der Waals surface area contributed by atoms with Crippen LogP contribution in [0.4, 0.5) is 0 Å². The van der Waals surface area contributed by atoms with Gasteiger partial charge in [-0.1, -0.05) is 31.4 Å². The Morgan fingerprint density at radius 2 is 2.00 bits per heavy atom. The molecule has 1 aliphatic carbocycles. The minimum Gasteiger partial charge on any atom is -0.496 e. The van der Waals surface area contributed by atoms with Crippen molar-refractivity contribution in [1.82, 2.24) is 5.32 Å². The topological polar surface area (TPSA) is 21.3 Å². The second kappa shape index (κ2) is 6.79. The number of ether oxygens (including phenoxy) is 1. The molecule has 1 aromatic rings. The summed E-state index contributed by atoms with van der Waals surface area (Å²) in [6.45, 7) is 3.20. The van der Waals surface area contributed by atoms with Gasteiger partial charge in [-0.2, -0.15) is 0 Å². The third kappa shape index (κ3) is 3.74. The highest BCUT2D eigenvalue weighted by Gasteiger charge is 2.11. The van der Waals surface area contributed by atoms with Gasteiger partial charge in [-0.15, -0.1) is 0 Å². The minimum atomic E-state index is 0.762. The molecule has 1 N–H and O–H groups in total. The molecule has 1 aromatic carbocycles. The molecule has 0 aromatic heterocycles. The molecule has 0 bridgehead atoms. The molecule has 2 rings (SSSR count). The molecule has 0 amide bonds. The largest absolute Gasteiger partial charge is 0.496 e. The lowest BCUT2D eigenvalue weighted by atomic mass is 9.95. The van der Waals surface area contributed by atoms with Crippen LogP contribution in [0.25, 0.3) is 0 Å². The third-order valence-corrected chi connectivity index (χ3v) is 3.91. The fourth-order valence-electron chi connectivity index (χ4n) is 2.82. The van der Waals surface area contributed by atoms with Gasteiger partial charge in [-0.25, -0.2) is 0 Å². The molecular formula is C16H25NO. The Kier molecular flexibility index (Phi) is 5.06. The Morgan fingerprint density at radius 3 is 2.67 bits per heavy atom. The molecule has 100 valence electrons. The van der Waals surface area contributed by atoms with Crippen LogP contribution in [0.15, 0.2) is 18.2 Å². The summed E-state index contributed by atoms with van der Waals surface area (Å²) in [5.41, 5.74) is 2.63. The second-order valence-electron chi connectivity index (χ2n) is 5.34. The maximum atomic E-state index is 5.28. The SMILES string of the molecule is COc1ccc(CCNC2CCCCC2)cc1C. The lowest BCUT2D eigenvalue weighted by Gasteiger charge is -2.22. The number of hydrogen-bond donors (Lipinski definition) is 1. The number of nitrogens with one attached hydrogen (secondary N) is 1. The van der Waals surface area contributed by atoms with E-state index in [9.17, 15) is 0 Å². The maximum Gasteiger partial charge on any atom is 0.121 e. The first-order chi connectivity index (χ1) is 8.79. The first-order valence-electron chi connectivity index (χ1n) is 7.16. The van der Waals surface area contributed by atoms with Crippen LogP contribution in [0, 0.1) is 6.92 Å². The van der Waals surface area contributed by atoms with Gasteiger partial charge in [-0.05, 0) is 49.9 Å². The first kappa shape index (κ1) is 13.4. The molecule has 0 heterocycles. The Hall–Kier alpha value is -1.02. The van der Waals surface area contributed by atoms with Crippen molar-refractivity contribution in [3.05, 3.63) is 29.3 Å². The summed E-state index contributed by atoms with van der Waals surface area (Å²) < 4.78 is 5.28. The predicted octanol–water partition coefficient (Wildman–Crippen LogP) is 3.47. The zero-order valence-corrected chi connectivity index (χ0v) is 11.7. The van der Waals surface area contributed by atoms with E-state index >= 15 is 0 Å². The number of rotatable bonds is 5. The van der Waals surface area contributed by atoms with Gasteiger partial charge in [0.2, 0.25) is 0 Å². The highest BCUT2D eigenvalue weighted by molar-refractivity contribution is 5.36. The van der Waals surface area contributed by atoms with E-state index in [0.29, 0.717) is 0 Å². The van der Waals surface area contributed by atoms with Crippen molar-refractivity contribution in [3.63, 3.8) is 0 Å². The van der Waals surface area contributed by atoms with Crippen molar-refractivity contribution >= 4 is 0 Å². The van der Waals surface area contributed by atoms with Crippen molar-refractivity contribution in [1.29, 1.82) is 0 Å². The van der Waals surface area contributed by atoms with Gasteiger partial charge >= 0.3 is 0 Å². The quantitative estimate of drug-likeness (QED) is 0.860. The molecule has 1 aliphatic rings. The number of methoxy groups -OCH3 is 1.